The molecule has 0 aliphatic carbocycles. The Kier molecular flexibility index (Phi) is 5.50. The molecule has 2 N–H and O–H groups in total. The second-order valence-electron chi connectivity index (χ2n) is 6.30. The van der Waals surface area contributed by atoms with Crippen LogP contribution in [-0.4, -0.2) is 22.1 Å². The SMILES string of the molecule is CC(C)C[C@H](NCc1csc(C(C)(C)C)n1)C(=O)O. The van der Waals surface area contributed by atoms with Crippen molar-refractivity contribution >= 4 is 17.3 Å². The summed E-state index contributed by atoms with van der Waals surface area (Å²) in [6.45, 7) is 10.9. The molecule has 1 aromatic rings. The minimum Gasteiger partial charge on any atom is -0.480 e. The normalized spacial score (nSPS) is 13.8. The molecule has 19 heavy (non-hydrogen) atoms. The van der Waals surface area contributed by atoms with E-state index in [4.69, 9.17) is 5.11 Å². The van der Waals surface area contributed by atoms with E-state index in [0.717, 1.165) is 10.7 Å². The van der Waals surface area contributed by atoms with Crippen LogP contribution in [0.4, 0.5) is 0 Å². The van der Waals surface area contributed by atoms with E-state index in [1.807, 2.05) is 19.2 Å². The van der Waals surface area contributed by atoms with Crippen LogP contribution in [0.25, 0.3) is 0 Å². The summed E-state index contributed by atoms with van der Waals surface area (Å²) in [5.41, 5.74) is 0.970. The van der Waals surface area contributed by atoms with Gasteiger partial charge in [-0.15, -0.1) is 11.3 Å². The first kappa shape index (κ1) is 16.1. The lowest BCUT2D eigenvalue weighted by atomic mass is 9.98. The Morgan fingerprint density at radius 3 is 2.53 bits per heavy atom. The minimum atomic E-state index is -0.792. The van der Waals surface area contributed by atoms with Crippen LogP contribution >= 0.6 is 11.3 Å². The average Bonchev–Trinajstić information content (AvgIpc) is 2.71. The number of carbonyl (C=O) groups is 1. The molecule has 108 valence electrons. The predicted molar refractivity (Wildman–Crippen MR) is 78.5 cm³/mol. The average molecular weight is 284 g/mol. The van der Waals surface area contributed by atoms with E-state index < -0.39 is 12.0 Å². The zero-order valence-corrected chi connectivity index (χ0v) is 13.2. The van der Waals surface area contributed by atoms with E-state index in [1.54, 1.807) is 11.3 Å². The molecule has 0 amide bonds. The largest absolute Gasteiger partial charge is 0.480 e. The fourth-order valence-electron chi connectivity index (χ4n) is 1.70. The van der Waals surface area contributed by atoms with Crippen molar-refractivity contribution in [2.45, 2.75) is 59.0 Å². The third-order valence-corrected chi connectivity index (χ3v) is 4.04. The topological polar surface area (TPSA) is 62.2 Å². The van der Waals surface area contributed by atoms with Gasteiger partial charge in [0.15, 0.2) is 0 Å². The maximum absolute atomic E-state index is 11.1. The first-order valence-corrected chi connectivity index (χ1v) is 7.49. The first-order valence-electron chi connectivity index (χ1n) is 6.61. The Morgan fingerprint density at radius 1 is 1.47 bits per heavy atom. The maximum atomic E-state index is 11.1. The first-order chi connectivity index (χ1) is 8.70. The smallest absolute Gasteiger partial charge is 0.320 e. The Morgan fingerprint density at radius 2 is 2.11 bits per heavy atom. The molecule has 0 spiro atoms. The van der Waals surface area contributed by atoms with E-state index in [2.05, 4.69) is 31.1 Å². The fraction of sp³-hybridized carbons (Fsp3) is 0.714. The summed E-state index contributed by atoms with van der Waals surface area (Å²) in [4.78, 5) is 15.7. The number of hydrogen-bond acceptors (Lipinski definition) is 4. The predicted octanol–water partition coefficient (Wildman–Crippen LogP) is 3.03. The highest BCUT2D eigenvalue weighted by molar-refractivity contribution is 7.09. The second-order valence-corrected chi connectivity index (χ2v) is 7.15. The van der Waals surface area contributed by atoms with Gasteiger partial charge < -0.3 is 5.11 Å². The van der Waals surface area contributed by atoms with Crippen LogP contribution in [0.5, 0.6) is 0 Å². The van der Waals surface area contributed by atoms with Gasteiger partial charge in [-0.3, -0.25) is 10.1 Å². The van der Waals surface area contributed by atoms with Crippen molar-refractivity contribution in [1.29, 1.82) is 0 Å². The Labute approximate surface area is 119 Å². The molecule has 1 aromatic heterocycles. The minimum absolute atomic E-state index is 0.0487. The van der Waals surface area contributed by atoms with E-state index >= 15 is 0 Å². The van der Waals surface area contributed by atoms with Crippen LogP contribution in [-0.2, 0) is 16.8 Å². The van der Waals surface area contributed by atoms with E-state index in [0.29, 0.717) is 18.9 Å². The van der Waals surface area contributed by atoms with Crippen molar-refractivity contribution in [3.8, 4) is 0 Å². The molecule has 0 radical (unpaired) electrons. The highest BCUT2D eigenvalue weighted by atomic mass is 32.1. The highest BCUT2D eigenvalue weighted by Gasteiger charge is 2.20. The molecule has 4 nitrogen and oxygen atoms in total. The summed E-state index contributed by atoms with van der Waals surface area (Å²) in [5.74, 6) is -0.436. The summed E-state index contributed by atoms with van der Waals surface area (Å²) in [6, 6.07) is -0.500. The molecule has 1 atom stereocenters. The number of carboxylic acid groups (broad SMARTS) is 1. The molecule has 0 saturated carbocycles. The number of nitrogens with zero attached hydrogens (tertiary/aromatic N) is 1. The van der Waals surface area contributed by atoms with Gasteiger partial charge in [0.25, 0.3) is 0 Å². The van der Waals surface area contributed by atoms with Gasteiger partial charge in [-0.05, 0) is 12.3 Å². The van der Waals surface area contributed by atoms with E-state index in [-0.39, 0.29) is 5.41 Å². The van der Waals surface area contributed by atoms with Gasteiger partial charge in [-0.2, -0.15) is 0 Å². The van der Waals surface area contributed by atoms with Crippen LogP contribution in [0, 0.1) is 5.92 Å². The van der Waals surface area contributed by atoms with Crippen LogP contribution in [0.2, 0.25) is 0 Å². The molecule has 0 saturated heterocycles. The van der Waals surface area contributed by atoms with Crippen LogP contribution < -0.4 is 5.32 Å². The molecule has 0 unspecified atom stereocenters. The maximum Gasteiger partial charge on any atom is 0.320 e. The molecule has 0 aromatic carbocycles. The zero-order valence-electron chi connectivity index (χ0n) is 12.4. The lowest BCUT2D eigenvalue weighted by Crippen LogP contribution is -2.37. The van der Waals surface area contributed by atoms with Gasteiger partial charge in [0.05, 0.1) is 10.7 Å². The van der Waals surface area contributed by atoms with Gasteiger partial charge in [0.2, 0.25) is 0 Å². The number of carboxylic acids is 1. The molecule has 0 aliphatic rings. The third kappa shape index (κ3) is 5.28. The summed E-state index contributed by atoms with van der Waals surface area (Å²) in [6.07, 6.45) is 0.631. The van der Waals surface area contributed by atoms with Gasteiger partial charge >= 0.3 is 5.97 Å². The quantitative estimate of drug-likeness (QED) is 0.843. The number of aliphatic carboxylic acids is 1. The van der Waals surface area contributed by atoms with E-state index in [9.17, 15) is 4.79 Å². The lowest BCUT2D eigenvalue weighted by molar-refractivity contribution is -0.140. The van der Waals surface area contributed by atoms with Gasteiger partial charge in [-0.25, -0.2) is 4.98 Å². The number of aromatic nitrogens is 1. The monoisotopic (exact) mass is 284 g/mol. The standard InChI is InChI=1S/C14H24N2O2S/c1-9(2)6-11(12(17)18)15-7-10-8-19-13(16-10)14(3,4)5/h8-9,11,15H,6-7H2,1-5H3,(H,17,18)/t11-/m0/s1. The number of hydrogen-bond donors (Lipinski definition) is 2. The van der Waals surface area contributed by atoms with Crippen LogP contribution in [0.3, 0.4) is 0 Å². The Bertz CT molecular complexity index is 421. The molecule has 5 heteroatoms. The lowest BCUT2D eigenvalue weighted by Gasteiger charge is -2.16. The summed E-state index contributed by atoms with van der Waals surface area (Å²) >= 11 is 1.63. The van der Waals surface area contributed by atoms with Crippen LogP contribution in [0.15, 0.2) is 5.38 Å². The van der Waals surface area contributed by atoms with Crippen molar-refractivity contribution < 1.29 is 9.90 Å². The van der Waals surface area contributed by atoms with Crippen LogP contribution in [0.1, 0.15) is 51.7 Å². The Balaban J connectivity index is 2.60. The fourth-order valence-corrected chi connectivity index (χ4v) is 2.61. The second kappa shape index (κ2) is 6.48. The molecule has 0 bridgehead atoms. The third-order valence-electron chi connectivity index (χ3n) is 2.73. The molecule has 0 aliphatic heterocycles. The number of thiazole rings is 1. The Hall–Kier alpha value is -0.940. The van der Waals surface area contributed by atoms with Crippen molar-refractivity contribution in [3.05, 3.63) is 16.1 Å². The molecule has 0 fully saturated rings. The summed E-state index contributed by atoms with van der Waals surface area (Å²) in [7, 11) is 0. The molecule has 1 heterocycles. The molecular weight excluding hydrogens is 260 g/mol. The summed E-state index contributed by atoms with van der Waals surface area (Å²) < 4.78 is 0. The van der Waals surface area contributed by atoms with Gasteiger partial charge in [0, 0.05) is 17.3 Å². The molecule has 1 rings (SSSR count). The van der Waals surface area contributed by atoms with Crippen molar-refractivity contribution in [2.75, 3.05) is 0 Å². The number of nitrogens with one attached hydrogen (secondary N) is 1. The highest BCUT2D eigenvalue weighted by Crippen LogP contribution is 2.25. The summed E-state index contributed by atoms with van der Waals surface area (Å²) in [5, 5.41) is 15.3. The zero-order chi connectivity index (χ0) is 14.6. The van der Waals surface area contributed by atoms with Gasteiger partial charge in [-0.1, -0.05) is 34.6 Å². The van der Waals surface area contributed by atoms with Crippen molar-refractivity contribution in [2.24, 2.45) is 5.92 Å². The van der Waals surface area contributed by atoms with E-state index in [1.165, 1.54) is 0 Å². The number of rotatable bonds is 6. The molecular formula is C14H24N2O2S. The van der Waals surface area contributed by atoms with Crippen molar-refractivity contribution in [1.82, 2.24) is 10.3 Å². The van der Waals surface area contributed by atoms with Gasteiger partial charge in [0.1, 0.15) is 6.04 Å². The van der Waals surface area contributed by atoms with Crippen molar-refractivity contribution in [3.63, 3.8) is 0 Å².